The zero-order valence-electron chi connectivity index (χ0n) is 13.4. The van der Waals surface area contributed by atoms with Crippen LogP contribution in [-0.4, -0.2) is 28.7 Å². The van der Waals surface area contributed by atoms with Gasteiger partial charge in [-0.05, 0) is 73.7 Å². The van der Waals surface area contributed by atoms with E-state index >= 15 is 0 Å². The Morgan fingerprint density at radius 1 is 1.05 bits per heavy atom. The lowest BCUT2D eigenvalue weighted by molar-refractivity contribution is 0.228. The minimum absolute atomic E-state index is 0.234. The number of aromatic hydroxyl groups is 2. The van der Waals surface area contributed by atoms with Crippen molar-refractivity contribution in [3.8, 4) is 11.5 Å². The van der Waals surface area contributed by atoms with Crippen LogP contribution in [0.25, 0.3) is 0 Å². The van der Waals surface area contributed by atoms with E-state index < -0.39 is 0 Å². The third kappa shape index (κ3) is 2.69. The lowest BCUT2D eigenvalue weighted by Crippen LogP contribution is -2.33. The molecule has 1 aliphatic heterocycles. The van der Waals surface area contributed by atoms with E-state index in [0.29, 0.717) is 11.5 Å². The van der Waals surface area contributed by atoms with Gasteiger partial charge >= 0.3 is 0 Å². The third-order valence-corrected chi connectivity index (χ3v) is 4.79. The number of aryl methyl sites for hydroxylation is 2. The number of benzene rings is 2. The zero-order valence-corrected chi connectivity index (χ0v) is 13.4. The molecule has 116 valence electrons. The van der Waals surface area contributed by atoms with Gasteiger partial charge in [-0.3, -0.25) is 4.90 Å². The molecule has 0 fully saturated rings. The van der Waals surface area contributed by atoms with Crippen molar-refractivity contribution in [3.05, 3.63) is 58.1 Å². The Morgan fingerprint density at radius 2 is 1.77 bits per heavy atom. The largest absolute Gasteiger partial charge is 0.508 e. The third-order valence-electron chi connectivity index (χ3n) is 4.79. The molecule has 3 nitrogen and oxygen atoms in total. The van der Waals surface area contributed by atoms with Crippen molar-refractivity contribution in [2.75, 3.05) is 13.6 Å². The number of nitrogens with zero attached hydrogens (tertiary/aromatic N) is 1. The van der Waals surface area contributed by atoms with Crippen molar-refractivity contribution in [1.29, 1.82) is 0 Å². The van der Waals surface area contributed by atoms with Crippen molar-refractivity contribution < 1.29 is 10.2 Å². The molecule has 0 saturated carbocycles. The highest BCUT2D eigenvalue weighted by Crippen LogP contribution is 2.35. The average Bonchev–Trinajstić information content (AvgIpc) is 2.48. The minimum atomic E-state index is 0.234. The Labute approximate surface area is 131 Å². The molecule has 0 spiro atoms. The Morgan fingerprint density at radius 3 is 2.50 bits per heavy atom. The summed E-state index contributed by atoms with van der Waals surface area (Å²) in [4.78, 5) is 2.33. The molecule has 0 saturated heterocycles. The van der Waals surface area contributed by atoms with Gasteiger partial charge in [0.1, 0.15) is 11.5 Å². The van der Waals surface area contributed by atoms with E-state index in [-0.39, 0.29) is 6.04 Å². The Hall–Kier alpha value is -2.00. The van der Waals surface area contributed by atoms with E-state index in [0.717, 1.165) is 36.1 Å². The van der Waals surface area contributed by atoms with Crippen LogP contribution in [0.3, 0.4) is 0 Å². The summed E-state index contributed by atoms with van der Waals surface area (Å²) < 4.78 is 0. The fraction of sp³-hybridized carbons (Fsp3) is 0.368. The predicted octanol–water partition coefficient (Wildman–Crippen LogP) is 3.49. The average molecular weight is 297 g/mol. The summed E-state index contributed by atoms with van der Waals surface area (Å²) in [5.41, 5.74) is 5.49. The van der Waals surface area contributed by atoms with E-state index in [9.17, 15) is 10.2 Å². The second-order valence-corrected chi connectivity index (χ2v) is 6.41. The predicted molar refractivity (Wildman–Crippen MR) is 88.5 cm³/mol. The molecule has 2 aromatic carbocycles. The molecule has 0 bridgehead atoms. The summed E-state index contributed by atoms with van der Waals surface area (Å²) >= 11 is 0. The fourth-order valence-electron chi connectivity index (χ4n) is 3.26. The summed E-state index contributed by atoms with van der Waals surface area (Å²) in [6.07, 6.45) is 1.85. The van der Waals surface area contributed by atoms with Crippen LogP contribution >= 0.6 is 0 Å². The molecule has 1 atom stereocenters. The molecule has 0 amide bonds. The van der Waals surface area contributed by atoms with Gasteiger partial charge in [0.2, 0.25) is 0 Å². The molecule has 0 aliphatic carbocycles. The quantitative estimate of drug-likeness (QED) is 0.892. The van der Waals surface area contributed by atoms with Crippen molar-refractivity contribution in [2.45, 2.75) is 32.7 Å². The van der Waals surface area contributed by atoms with Gasteiger partial charge < -0.3 is 10.2 Å². The number of phenolic OH excluding ortho intramolecular Hbond substituents is 2. The summed E-state index contributed by atoms with van der Waals surface area (Å²) in [6, 6.07) is 10.1. The lowest BCUT2D eigenvalue weighted by Gasteiger charge is -2.35. The van der Waals surface area contributed by atoms with Gasteiger partial charge in [0.25, 0.3) is 0 Å². The molecule has 3 heteroatoms. The maximum Gasteiger partial charge on any atom is 0.118 e. The molecule has 22 heavy (non-hydrogen) atoms. The van der Waals surface area contributed by atoms with Crippen LogP contribution in [0.4, 0.5) is 0 Å². The van der Waals surface area contributed by atoms with Gasteiger partial charge in [-0.2, -0.15) is 0 Å². The number of fused-ring (bicyclic) bond motifs is 1. The highest BCUT2D eigenvalue weighted by molar-refractivity contribution is 5.45. The van der Waals surface area contributed by atoms with Crippen molar-refractivity contribution in [2.24, 2.45) is 0 Å². The monoisotopic (exact) mass is 297 g/mol. The summed E-state index contributed by atoms with van der Waals surface area (Å²) in [5, 5.41) is 20.0. The van der Waals surface area contributed by atoms with Crippen LogP contribution in [0.5, 0.6) is 11.5 Å². The van der Waals surface area contributed by atoms with Crippen LogP contribution in [0, 0.1) is 13.8 Å². The SMILES string of the molecule is Cc1ccc(C[C@H]2c3cc(O)c(C)cc3CCN2C)cc1O. The van der Waals surface area contributed by atoms with Crippen molar-refractivity contribution >= 4 is 0 Å². The second kappa shape index (κ2) is 5.65. The summed E-state index contributed by atoms with van der Waals surface area (Å²) in [7, 11) is 2.12. The Balaban J connectivity index is 1.96. The highest BCUT2D eigenvalue weighted by Gasteiger charge is 2.26. The maximum atomic E-state index is 10.1. The van der Waals surface area contributed by atoms with Gasteiger partial charge in [-0.25, -0.2) is 0 Å². The second-order valence-electron chi connectivity index (χ2n) is 6.41. The first-order valence-electron chi connectivity index (χ1n) is 7.77. The first kappa shape index (κ1) is 14.9. The normalized spacial score (nSPS) is 18.2. The van der Waals surface area contributed by atoms with Crippen LogP contribution in [0.2, 0.25) is 0 Å². The smallest absolute Gasteiger partial charge is 0.118 e. The van der Waals surface area contributed by atoms with E-state index in [4.69, 9.17) is 0 Å². The van der Waals surface area contributed by atoms with E-state index in [1.807, 2.05) is 32.0 Å². The summed E-state index contributed by atoms with van der Waals surface area (Å²) in [5.74, 6) is 0.716. The van der Waals surface area contributed by atoms with Crippen molar-refractivity contribution in [3.63, 3.8) is 0 Å². The minimum Gasteiger partial charge on any atom is -0.508 e. The molecule has 0 radical (unpaired) electrons. The number of hydrogen-bond acceptors (Lipinski definition) is 3. The van der Waals surface area contributed by atoms with Gasteiger partial charge in [-0.15, -0.1) is 0 Å². The maximum absolute atomic E-state index is 10.1. The standard InChI is InChI=1S/C19H23NO2/c1-12-4-5-14(10-18(12)21)9-17-16-11-19(22)13(2)8-15(16)6-7-20(17)3/h4-5,8,10-11,17,21-22H,6-7,9H2,1-3H3/t17-/m0/s1. The van der Waals surface area contributed by atoms with Crippen LogP contribution in [0.1, 0.15) is 33.9 Å². The number of phenols is 2. The van der Waals surface area contributed by atoms with Crippen LogP contribution < -0.4 is 0 Å². The van der Waals surface area contributed by atoms with Crippen LogP contribution in [0.15, 0.2) is 30.3 Å². The molecule has 3 rings (SSSR count). The topological polar surface area (TPSA) is 43.7 Å². The van der Waals surface area contributed by atoms with Crippen LogP contribution in [-0.2, 0) is 12.8 Å². The first-order valence-corrected chi connectivity index (χ1v) is 7.77. The van der Waals surface area contributed by atoms with E-state index in [1.165, 1.54) is 11.1 Å². The molecule has 2 N–H and O–H groups in total. The zero-order chi connectivity index (χ0) is 15.9. The molecule has 1 aliphatic rings. The van der Waals surface area contributed by atoms with Gasteiger partial charge in [0.05, 0.1) is 0 Å². The molecule has 0 unspecified atom stereocenters. The molecule has 2 aromatic rings. The molecular weight excluding hydrogens is 274 g/mol. The number of hydrogen-bond donors (Lipinski definition) is 2. The van der Waals surface area contributed by atoms with Gasteiger partial charge in [0, 0.05) is 12.6 Å². The Kier molecular flexibility index (Phi) is 3.83. The Bertz CT molecular complexity index is 709. The highest BCUT2D eigenvalue weighted by atomic mass is 16.3. The van der Waals surface area contributed by atoms with Gasteiger partial charge in [-0.1, -0.05) is 18.2 Å². The lowest BCUT2D eigenvalue weighted by atomic mass is 9.87. The van der Waals surface area contributed by atoms with E-state index in [1.54, 1.807) is 0 Å². The molecule has 1 heterocycles. The summed E-state index contributed by atoms with van der Waals surface area (Å²) in [6.45, 7) is 4.86. The first-order chi connectivity index (χ1) is 10.5. The number of rotatable bonds is 2. The van der Waals surface area contributed by atoms with Crippen molar-refractivity contribution in [1.82, 2.24) is 4.90 Å². The van der Waals surface area contributed by atoms with Gasteiger partial charge in [0.15, 0.2) is 0 Å². The number of likely N-dealkylation sites (N-methyl/N-ethyl adjacent to an activating group) is 1. The fourth-order valence-corrected chi connectivity index (χ4v) is 3.26. The molecule has 0 aromatic heterocycles. The van der Waals surface area contributed by atoms with E-state index in [2.05, 4.69) is 24.1 Å². The molecular formula is C19H23NO2.